The first-order valence-corrected chi connectivity index (χ1v) is 12.9. The molecule has 4 aromatic heterocycles. The number of hydrogen-bond acceptors (Lipinski definition) is 6. The van der Waals surface area contributed by atoms with Gasteiger partial charge < -0.3 is 9.88 Å². The minimum absolute atomic E-state index is 0.268. The molecule has 1 fully saturated rings. The zero-order valence-electron chi connectivity index (χ0n) is 19.5. The Kier molecular flexibility index (Phi) is 5.70. The second-order valence-corrected chi connectivity index (χ2v) is 10.5. The molecule has 0 spiro atoms. The molecule has 0 atom stereocenters. The van der Waals surface area contributed by atoms with Crippen molar-refractivity contribution in [2.75, 3.05) is 25.4 Å². The maximum Gasteiger partial charge on any atom is 0.158 e. The molecule has 174 valence electrons. The van der Waals surface area contributed by atoms with Crippen LogP contribution in [0.5, 0.6) is 0 Å². The number of thiol groups is 1. The minimum atomic E-state index is -2.28. The lowest BCUT2D eigenvalue weighted by molar-refractivity contribution is 0.147. The lowest BCUT2D eigenvalue weighted by atomic mass is 9.93. The van der Waals surface area contributed by atoms with Crippen molar-refractivity contribution in [1.82, 2.24) is 29.5 Å². The van der Waals surface area contributed by atoms with Gasteiger partial charge in [0, 0.05) is 47.8 Å². The lowest BCUT2D eigenvalue weighted by Crippen LogP contribution is -2.45. The van der Waals surface area contributed by atoms with Gasteiger partial charge in [0.2, 0.25) is 0 Å². The molecule has 0 amide bonds. The number of nitrogens with zero attached hydrogens (tertiary/aromatic N) is 5. The lowest BCUT2D eigenvalue weighted by Gasteiger charge is -2.38. The third-order valence-electron chi connectivity index (χ3n) is 6.86. The fourth-order valence-corrected chi connectivity index (χ4v) is 5.32. The predicted octanol–water partition coefficient (Wildman–Crippen LogP) is 3.41. The molecule has 0 unspecified atom stereocenters. The Bertz CT molecular complexity index is 1400. The molecule has 4 aromatic rings. The number of H-pyrrole nitrogens is 1. The summed E-state index contributed by atoms with van der Waals surface area (Å²) in [6.07, 6.45) is 4.35. The van der Waals surface area contributed by atoms with Crippen LogP contribution >= 0.6 is 0 Å². The van der Waals surface area contributed by atoms with Crippen molar-refractivity contribution in [1.29, 1.82) is 0 Å². The second-order valence-electron chi connectivity index (χ2n) is 9.39. The largest absolute Gasteiger partial charge is 0.353 e. The van der Waals surface area contributed by atoms with E-state index in [2.05, 4.69) is 66.0 Å². The van der Waals surface area contributed by atoms with Gasteiger partial charge in [-0.15, -0.1) is 0 Å². The third kappa shape index (κ3) is 3.93. The van der Waals surface area contributed by atoms with Gasteiger partial charge in [-0.2, -0.15) is 5.10 Å². The van der Waals surface area contributed by atoms with Crippen LogP contribution in [-0.4, -0.2) is 63.3 Å². The number of likely N-dealkylation sites (tertiary alicyclic amines) is 1. The van der Waals surface area contributed by atoms with Gasteiger partial charge in [0.25, 0.3) is 0 Å². The summed E-state index contributed by atoms with van der Waals surface area (Å²) in [4.78, 5) is 15.5. The van der Waals surface area contributed by atoms with Crippen molar-refractivity contribution in [2.24, 2.45) is 0 Å². The highest BCUT2D eigenvalue weighted by molar-refractivity contribution is 7.72. The van der Waals surface area contributed by atoms with Gasteiger partial charge in [-0.05, 0) is 56.0 Å². The molecule has 1 saturated heterocycles. The fourth-order valence-electron chi connectivity index (χ4n) is 4.92. The molecule has 0 saturated carbocycles. The van der Waals surface area contributed by atoms with E-state index >= 15 is 0 Å². The number of pyridine rings is 2. The first-order chi connectivity index (χ1) is 15.8. The second kappa shape index (κ2) is 8.53. The van der Waals surface area contributed by atoms with Crippen LogP contribution in [0.1, 0.15) is 54.5 Å². The number of fused-ring (bicyclic) bond motifs is 2. The van der Waals surface area contributed by atoms with Gasteiger partial charge in [-0.25, -0.2) is 17.9 Å². The Morgan fingerprint density at radius 2 is 1.97 bits per heavy atom. The summed E-state index contributed by atoms with van der Waals surface area (Å²) >= 11 is 0. The van der Waals surface area contributed by atoms with E-state index in [1.807, 2.05) is 4.52 Å². The molecule has 1 N–H and O–H groups in total. The molecule has 9 heteroatoms. The Morgan fingerprint density at radius 1 is 1.18 bits per heavy atom. The smallest absolute Gasteiger partial charge is 0.158 e. The Balaban J connectivity index is 1.49. The average Bonchev–Trinajstić information content (AvgIpc) is 3.36. The number of rotatable bonds is 7. The zero-order chi connectivity index (χ0) is 23.3. The van der Waals surface area contributed by atoms with Gasteiger partial charge in [0.05, 0.1) is 16.7 Å². The third-order valence-corrected chi connectivity index (χ3v) is 7.55. The molecule has 1 aliphatic rings. The van der Waals surface area contributed by atoms with E-state index in [-0.39, 0.29) is 5.75 Å². The van der Waals surface area contributed by atoms with Crippen LogP contribution in [0.3, 0.4) is 0 Å². The van der Waals surface area contributed by atoms with E-state index in [1.165, 1.54) is 11.1 Å². The summed E-state index contributed by atoms with van der Waals surface area (Å²) in [5.74, 6) is 0.961. The summed E-state index contributed by atoms with van der Waals surface area (Å²) in [5.41, 5.74) is 9.85. The Hall–Kier alpha value is -2.78. The first kappa shape index (κ1) is 22.0. The maximum absolute atomic E-state index is 10.8. The van der Waals surface area contributed by atoms with Crippen LogP contribution in [0.2, 0.25) is 0 Å². The van der Waals surface area contributed by atoms with E-state index in [0.717, 1.165) is 58.8 Å². The van der Waals surface area contributed by atoms with Crippen LogP contribution < -0.4 is 0 Å². The first-order valence-electron chi connectivity index (χ1n) is 11.5. The van der Waals surface area contributed by atoms with Crippen LogP contribution in [0, 0.1) is 13.8 Å². The van der Waals surface area contributed by atoms with Crippen molar-refractivity contribution in [3.8, 4) is 11.3 Å². The van der Waals surface area contributed by atoms with Gasteiger partial charge >= 0.3 is 0 Å². The van der Waals surface area contributed by atoms with Gasteiger partial charge in [-0.1, -0.05) is 13.8 Å². The molecule has 0 radical (unpaired) electrons. The van der Waals surface area contributed by atoms with Crippen molar-refractivity contribution < 1.29 is 8.42 Å². The van der Waals surface area contributed by atoms with Crippen molar-refractivity contribution >= 4 is 27.4 Å². The molecule has 0 bridgehead atoms. The molecule has 33 heavy (non-hydrogen) atoms. The topological polar surface area (TPSA) is 96.2 Å². The van der Waals surface area contributed by atoms with Gasteiger partial charge in [0.15, 0.2) is 5.65 Å². The molecule has 8 nitrogen and oxygen atoms in total. The SMILES string of the molecule is Cc1c(-c2[nH]c3ccc(C4CN(CCC[SH](=O)=O)C4)nc3c2C(C)C)cn2ncnc2c1C. The van der Waals surface area contributed by atoms with E-state index < -0.39 is 10.7 Å². The van der Waals surface area contributed by atoms with Crippen molar-refractivity contribution in [3.05, 3.63) is 47.0 Å². The molecule has 1 aliphatic heterocycles. The molecule has 5 heterocycles. The molecular formula is C24H30N6O2S. The maximum atomic E-state index is 10.8. The van der Waals surface area contributed by atoms with Crippen molar-refractivity contribution in [3.63, 3.8) is 0 Å². The standard InChI is InChI=1S/C24H30N6O2S/c1-14(2)21-22(18-12-30-24(25-13-26-30)16(4)15(18)3)28-20-7-6-19(27-23(20)21)17-10-29(11-17)8-5-9-33(31)32/h6-7,12-14,17,28,33H,5,8-11H2,1-4H3. The highest BCUT2D eigenvalue weighted by Gasteiger charge is 2.29. The fraction of sp³-hybridized carbons (Fsp3) is 0.458. The molecule has 0 aromatic carbocycles. The number of hydrogen-bond donors (Lipinski definition) is 2. The number of aromatic amines is 1. The van der Waals surface area contributed by atoms with E-state index in [9.17, 15) is 8.42 Å². The Morgan fingerprint density at radius 3 is 2.70 bits per heavy atom. The van der Waals surface area contributed by atoms with Crippen LogP contribution in [-0.2, 0) is 10.7 Å². The zero-order valence-corrected chi connectivity index (χ0v) is 20.4. The summed E-state index contributed by atoms with van der Waals surface area (Å²) in [6.45, 7) is 11.4. The summed E-state index contributed by atoms with van der Waals surface area (Å²) < 4.78 is 23.4. The summed E-state index contributed by atoms with van der Waals surface area (Å²) in [7, 11) is -2.28. The van der Waals surface area contributed by atoms with E-state index in [0.29, 0.717) is 18.3 Å². The quantitative estimate of drug-likeness (QED) is 0.405. The molecule has 0 aliphatic carbocycles. The summed E-state index contributed by atoms with van der Waals surface area (Å²) in [5, 5.41) is 4.37. The highest BCUT2D eigenvalue weighted by Crippen LogP contribution is 2.38. The van der Waals surface area contributed by atoms with Crippen molar-refractivity contribution in [2.45, 2.75) is 46.0 Å². The average molecular weight is 467 g/mol. The minimum Gasteiger partial charge on any atom is -0.353 e. The number of aryl methyl sites for hydroxylation is 1. The molecule has 5 rings (SSSR count). The number of nitrogens with one attached hydrogen (secondary N) is 1. The van der Waals surface area contributed by atoms with E-state index in [1.54, 1.807) is 6.33 Å². The normalized spacial score (nSPS) is 15.3. The van der Waals surface area contributed by atoms with Gasteiger partial charge in [0.1, 0.15) is 17.0 Å². The summed E-state index contributed by atoms with van der Waals surface area (Å²) in [6, 6.07) is 4.27. The molecular weight excluding hydrogens is 436 g/mol. The van der Waals surface area contributed by atoms with Gasteiger partial charge in [-0.3, -0.25) is 4.98 Å². The van der Waals surface area contributed by atoms with E-state index in [4.69, 9.17) is 4.98 Å². The predicted molar refractivity (Wildman–Crippen MR) is 131 cm³/mol. The highest BCUT2D eigenvalue weighted by atomic mass is 32.2. The van der Waals surface area contributed by atoms with Crippen LogP contribution in [0.25, 0.3) is 27.9 Å². The Labute approximate surface area is 195 Å². The number of aromatic nitrogens is 5. The van der Waals surface area contributed by atoms with Crippen LogP contribution in [0.15, 0.2) is 24.7 Å². The monoisotopic (exact) mass is 466 g/mol. The van der Waals surface area contributed by atoms with Crippen LogP contribution in [0.4, 0.5) is 0 Å².